The van der Waals surface area contributed by atoms with Crippen molar-refractivity contribution in [2.24, 2.45) is 0 Å². The van der Waals surface area contributed by atoms with Gasteiger partial charge in [-0.25, -0.2) is 0 Å². The number of carbonyl (C=O) groups excluding carboxylic acids is 2. The van der Waals surface area contributed by atoms with Crippen molar-refractivity contribution in [2.75, 3.05) is 19.7 Å². The Morgan fingerprint density at radius 1 is 1.44 bits per heavy atom. The standard InChI is InChI=1S/C12H21NO3/c1-3-16-12(15)7-5-9-13-8-4-6-11(13)10(2)14/h11H,3-9H2,1-2H3/t11-/m1/s1. The Kier molecular flexibility index (Phi) is 5.46. The highest BCUT2D eigenvalue weighted by Crippen LogP contribution is 2.18. The molecule has 0 aromatic carbocycles. The van der Waals surface area contributed by atoms with Crippen molar-refractivity contribution in [1.82, 2.24) is 4.90 Å². The first kappa shape index (κ1) is 13.2. The van der Waals surface area contributed by atoms with Gasteiger partial charge in [-0.3, -0.25) is 14.5 Å². The second-order valence-electron chi connectivity index (χ2n) is 4.21. The number of ether oxygens (including phenoxy) is 1. The lowest BCUT2D eigenvalue weighted by atomic mass is 10.1. The maximum atomic E-state index is 11.3. The smallest absolute Gasteiger partial charge is 0.305 e. The topological polar surface area (TPSA) is 46.6 Å². The van der Waals surface area contributed by atoms with Gasteiger partial charge in [0.25, 0.3) is 0 Å². The molecule has 0 spiro atoms. The Bertz CT molecular complexity index is 253. The van der Waals surface area contributed by atoms with Crippen molar-refractivity contribution in [2.45, 2.75) is 45.6 Å². The van der Waals surface area contributed by atoms with E-state index in [4.69, 9.17) is 4.74 Å². The molecule has 1 saturated heterocycles. The summed E-state index contributed by atoms with van der Waals surface area (Å²) in [4.78, 5) is 24.6. The number of rotatable bonds is 6. The fourth-order valence-corrected chi connectivity index (χ4v) is 2.21. The molecule has 0 N–H and O–H groups in total. The van der Waals surface area contributed by atoms with Crippen molar-refractivity contribution in [3.8, 4) is 0 Å². The molecule has 92 valence electrons. The molecule has 1 aliphatic rings. The Labute approximate surface area is 96.9 Å². The lowest BCUT2D eigenvalue weighted by Gasteiger charge is -2.21. The summed E-state index contributed by atoms with van der Waals surface area (Å²) in [6.07, 6.45) is 3.29. The van der Waals surface area contributed by atoms with Crippen LogP contribution in [-0.2, 0) is 14.3 Å². The fraction of sp³-hybridized carbons (Fsp3) is 0.833. The fourth-order valence-electron chi connectivity index (χ4n) is 2.21. The molecular formula is C12H21NO3. The van der Waals surface area contributed by atoms with Crippen LogP contribution in [0.3, 0.4) is 0 Å². The molecule has 0 aromatic rings. The Hall–Kier alpha value is -0.900. The van der Waals surface area contributed by atoms with Crippen molar-refractivity contribution < 1.29 is 14.3 Å². The molecule has 16 heavy (non-hydrogen) atoms. The molecular weight excluding hydrogens is 206 g/mol. The number of likely N-dealkylation sites (tertiary alicyclic amines) is 1. The maximum absolute atomic E-state index is 11.3. The molecule has 1 atom stereocenters. The number of nitrogens with zero attached hydrogens (tertiary/aromatic N) is 1. The molecule has 0 unspecified atom stereocenters. The predicted molar refractivity (Wildman–Crippen MR) is 61.1 cm³/mol. The number of esters is 1. The molecule has 1 rings (SSSR count). The van der Waals surface area contributed by atoms with Crippen molar-refractivity contribution in [3.05, 3.63) is 0 Å². The summed E-state index contributed by atoms with van der Waals surface area (Å²) >= 11 is 0. The van der Waals surface area contributed by atoms with Gasteiger partial charge in [-0.1, -0.05) is 0 Å². The van der Waals surface area contributed by atoms with E-state index >= 15 is 0 Å². The SMILES string of the molecule is CCOC(=O)CCCN1CCC[C@@H]1C(C)=O. The van der Waals surface area contributed by atoms with Crippen molar-refractivity contribution >= 4 is 11.8 Å². The number of hydrogen-bond donors (Lipinski definition) is 0. The van der Waals surface area contributed by atoms with E-state index in [0.717, 1.165) is 32.4 Å². The van der Waals surface area contributed by atoms with Gasteiger partial charge in [0.1, 0.15) is 5.78 Å². The van der Waals surface area contributed by atoms with E-state index in [2.05, 4.69) is 4.90 Å². The van der Waals surface area contributed by atoms with Crippen LogP contribution in [0, 0.1) is 0 Å². The van der Waals surface area contributed by atoms with E-state index in [-0.39, 0.29) is 17.8 Å². The molecule has 0 radical (unpaired) electrons. The van der Waals surface area contributed by atoms with Gasteiger partial charge in [0.2, 0.25) is 0 Å². The summed E-state index contributed by atoms with van der Waals surface area (Å²) in [5.74, 6) is 0.106. The van der Waals surface area contributed by atoms with Crippen LogP contribution in [0.2, 0.25) is 0 Å². The highest BCUT2D eigenvalue weighted by Gasteiger charge is 2.27. The van der Waals surface area contributed by atoms with Crippen molar-refractivity contribution in [1.29, 1.82) is 0 Å². The van der Waals surface area contributed by atoms with E-state index in [0.29, 0.717) is 13.0 Å². The van der Waals surface area contributed by atoms with Gasteiger partial charge in [-0.05, 0) is 46.2 Å². The third-order valence-corrected chi connectivity index (χ3v) is 2.96. The summed E-state index contributed by atoms with van der Waals surface area (Å²) in [6.45, 7) is 5.70. The zero-order chi connectivity index (χ0) is 12.0. The van der Waals surface area contributed by atoms with E-state index in [9.17, 15) is 9.59 Å². The van der Waals surface area contributed by atoms with Crippen LogP contribution in [0.15, 0.2) is 0 Å². The zero-order valence-corrected chi connectivity index (χ0v) is 10.2. The number of hydrogen-bond acceptors (Lipinski definition) is 4. The summed E-state index contributed by atoms with van der Waals surface area (Å²) in [5.41, 5.74) is 0. The van der Waals surface area contributed by atoms with Crippen LogP contribution < -0.4 is 0 Å². The second kappa shape index (κ2) is 6.63. The lowest BCUT2D eigenvalue weighted by molar-refractivity contribution is -0.143. The molecule has 0 aromatic heterocycles. The van der Waals surface area contributed by atoms with E-state index in [1.165, 1.54) is 0 Å². The summed E-state index contributed by atoms with van der Waals surface area (Å²) in [7, 11) is 0. The first-order chi connectivity index (χ1) is 7.65. The first-order valence-corrected chi connectivity index (χ1v) is 6.05. The van der Waals surface area contributed by atoms with Gasteiger partial charge >= 0.3 is 5.97 Å². The van der Waals surface area contributed by atoms with E-state index in [1.807, 2.05) is 6.92 Å². The number of Topliss-reactive ketones (excluding diaryl/α,β-unsaturated/α-hetero) is 1. The van der Waals surface area contributed by atoms with Crippen LogP contribution >= 0.6 is 0 Å². The minimum atomic E-state index is -0.138. The zero-order valence-electron chi connectivity index (χ0n) is 10.2. The highest BCUT2D eigenvalue weighted by molar-refractivity contribution is 5.81. The minimum Gasteiger partial charge on any atom is -0.466 e. The van der Waals surface area contributed by atoms with Gasteiger partial charge in [-0.2, -0.15) is 0 Å². The average Bonchev–Trinajstić information content (AvgIpc) is 2.66. The van der Waals surface area contributed by atoms with Crippen LogP contribution in [0.5, 0.6) is 0 Å². The van der Waals surface area contributed by atoms with Crippen LogP contribution in [0.25, 0.3) is 0 Å². The molecule has 0 aliphatic carbocycles. The van der Waals surface area contributed by atoms with Crippen LogP contribution in [0.4, 0.5) is 0 Å². The van der Waals surface area contributed by atoms with Crippen molar-refractivity contribution in [3.63, 3.8) is 0 Å². The summed E-state index contributed by atoms with van der Waals surface area (Å²) < 4.78 is 4.86. The summed E-state index contributed by atoms with van der Waals surface area (Å²) in [6, 6.07) is 0.0854. The largest absolute Gasteiger partial charge is 0.466 e. The maximum Gasteiger partial charge on any atom is 0.305 e. The second-order valence-corrected chi connectivity index (χ2v) is 4.21. The first-order valence-electron chi connectivity index (χ1n) is 6.05. The third-order valence-electron chi connectivity index (χ3n) is 2.96. The normalized spacial score (nSPS) is 21.0. The lowest BCUT2D eigenvalue weighted by Crippen LogP contribution is -2.35. The Morgan fingerprint density at radius 2 is 2.19 bits per heavy atom. The van der Waals surface area contributed by atoms with Gasteiger partial charge < -0.3 is 4.74 Å². The van der Waals surface area contributed by atoms with Gasteiger partial charge in [0, 0.05) is 6.42 Å². The van der Waals surface area contributed by atoms with Crippen LogP contribution in [-0.4, -0.2) is 42.4 Å². The molecule has 0 saturated carbocycles. The van der Waals surface area contributed by atoms with Gasteiger partial charge in [0.05, 0.1) is 12.6 Å². The quantitative estimate of drug-likeness (QED) is 0.643. The molecule has 4 heteroatoms. The monoisotopic (exact) mass is 227 g/mol. The molecule has 4 nitrogen and oxygen atoms in total. The predicted octanol–water partition coefficient (Wildman–Crippen LogP) is 1.38. The Balaban J connectivity index is 2.22. The highest BCUT2D eigenvalue weighted by atomic mass is 16.5. The minimum absolute atomic E-state index is 0.0854. The molecule has 0 bridgehead atoms. The van der Waals surface area contributed by atoms with Crippen LogP contribution in [0.1, 0.15) is 39.5 Å². The third kappa shape index (κ3) is 3.93. The van der Waals surface area contributed by atoms with Gasteiger partial charge in [-0.15, -0.1) is 0 Å². The summed E-state index contributed by atoms with van der Waals surface area (Å²) in [5, 5.41) is 0. The van der Waals surface area contributed by atoms with E-state index in [1.54, 1.807) is 6.92 Å². The molecule has 0 amide bonds. The van der Waals surface area contributed by atoms with Gasteiger partial charge in [0.15, 0.2) is 0 Å². The molecule has 1 heterocycles. The molecule has 1 fully saturated rings. The van der Waals surface area contributed by atoms with E-state index < -0.39 is 0 Å². The number of carbonyl (C=O) groups is 2. The Morgan fingerprint density at radius 3 is 2.81 bits per heavy atom. The molecule has 1 aliphatic heterocycles. The average molecular weight is 227 g/mol. The number of ketones is 1.